The minimum atomic E-state index is 0.0909. The zero-order chi connectivity index (χ0) is 17.8. The van der Waals surface area contributed by atoms with E-state index < -0.39 is 0 Å². The molecule has 134 valence electrons. The van der Waals surface area contributed by atoms with Gasteiger partial charge in [-0.05, 0) is 49.2 Å². The fourth-order valence-corrected chi connectivity index (χ4v) is 3.10. The van der Waals surface area contributed by atoms with Crippen molar-refractivity contribution < 1.29 is 9.53 Å². The van der Waals surface area contributed by atoms with E-state index in [1.807, 2.05) is 33.7 Å². The van der Waals surface area contributed by atoms with Crippen LogP contribution in [-0.4, -0.2) is 38.7 Å². The number of carbonyl (C=O) groups is 1. The molecule has 0 unspecified atom stereocenters. The first-order valence-corrected chi connectivity index (χ1v) is 9.09. The number of ether oxygens (including phenoxy) is 1. The summed E-state index contributed by atoms with van der Waals surface area (Å²) in [5, 5.41) is 7.05. The van der Waals surface area contributed by atoms with E-state index in [0.717, 1.165) is 42.8 Å². The molecule has 0 spiro atoms. The molecule has 0 saturated heterocycles. The van der Waals surface area contributed by atoms with Crippen LogP contribution < -0.4 is 4.74 Å². The van der Waals surface area contributed by atoms with Gasteiger partial charge in [0.1, 0.15) is 18.1 Å². The van der Waals surface area contributed by atoms with E-state index in [0.29, 0.717) is 17.4 Å². The SMILES string of the molecule is CCCc1n[nH]c(=S)n1CC(=O)N(Cc1ccc(OC)cc1)C1CC1. The highest BCUT2D eigenvalue weighted by atomic mass is 32.1. The van der Waals surface area contributed by atoms with Gasteiger partial charge in [0.05, 0.1) is 7.11 Å². The molecule has 0 atom stereocenters. The third-order valence-corrected chi connectivity index (χ3v) is 4.74. The van der Waals surface area contributed by atoms with Crippen LogP contribution in [-0.2, 0) is 24.3 Å². The maximum absolute atomic E-state index is 12.9. The summed E-state index contributed by atoms with van der Waals surface area (Å²) < 4.78 is 7.53. The number of nitrogens with one attached hydrogen (secondary N) is 1. The van der Waals surface area contributed by atoms with Gasteiger partial charge in [-0.25, -0.2) is 0 Å². The number of aromatic amines is 1. The Labute approximate surface area is 152 Å². The fraction of sp³-hybridized carbons (Fsp3) is 0.500. The van der Waals surface area contributed by atoms with Crippen molar-refractivity contribution in [2.24, 2.45) is 0 Å². The monoisotopic (exact) mass is 360 g/mol. The van der Waals surface area contributed by atoms with Crippen LogP contribution in [0, 0.1) is 4.77 Å². The maximum Gasteiger partial charge on any atom is 0.243 e. The van der Waals surface area contributed by atoms with Crippen molar-refractivity contribution in [2.75, 3.05) is 7.11 Å². The Morgan fingerprint density at radius 3 is 2.72 bits per heavy atom. The zero-order valence-corrected chi connectivity index (χ0v) is 15.5. The quantitative estimate of drug-likeness (QED) is 0.735. The van der Waals surface area contributed by atoms with Crippen molar-refractivity contribution in [1.82, 2.24) is 19.7 Å². The number of carbonyl (C=O) groups excluding carboxylic acids is 1. The maximum atomic E-state index is 12.9. The number of hydrogen-bond donors (Lipinski definition) is 1. The average Bonchev–Trinajstić information content (AvgIpc) is 3.41. The van der Waals surface area contributed by atoms with E-state index in [9.17, 15) is 4.79 Å². The first-order chi connectivity index (χ1) is 12.1. The second-order valence-corrected chi connectivity index (χ2v) is 6.77. The molecular formula is C18H24N4O2S. The number of hydrogen-bond acceptors (Lipinski definition) is 4. The molecule has 0 radical (unpaired) electrons. The van der Waals surface area contributed by atoms with Crippen LogP contribution in [0.25, 0.3) is 0 Å². The highest BCUT2D eigenvalue weighted by molar-refractivity contribution is 7.71. The summed E-state index contributed by atoms with van der Waals surface area (Å²) in [5.41, 5.74) is 1.10. The van der Waals surface area contributed by atoms with Crippen molar-refractivity contribution in [3.05, 3.63) is 40.4 Å². The van der Waals surface area contributed by atoms with Crippen LogP contribution in [0.5, 0.6) is 5.75 Å². The van der Waals surface area contributed by atoms with Crippen LogP contribution in [0.2, 0.25) is 0 Å². The lowest BCUT2D eigenvalue weighted by Gasteiger charge is -2.23. The molecule has 25 heavy (non-hydrogen) atoms. The van der Waals surface area contributed by atoms with Crippen LogP contribution in [0.4, 0.5) is 0 Å². The van der Waals surface area contributed by atoms with Crippen molar-refractivity contribution in [2.45, 2.75) is 51.7 Å². The molecular weight excluding hydrogens is 336 g/mol. The number of aryl methyl sites for hydroxylation is 1. The highest BCUT2D eigenvalue weighted by Crippen LogP contribution is 2.29. The standard InChI is InChI=1S/C18H24N4O2S/c1-3-4-16-19-20-18(25)22(16)12-17(23)21(14-7-8-14)11-13-5-9-15(24-2)10-6-13/h5-6,9-10,14H,3-4,7-8,11-12H2,1-2H3,(H,20,25). The van der Waals surface area contributed by atoms with Crippen LogP contribution in [0.3, 0.4) is 0 Å². The normalized spacial score (nSPS) is 13.7. The summed E-state index contributed by atoms with van der Waals surface area (Å²) in [6.07, 6.45) is 3.91. The topological polar surface area (TPSA) is 63.2 Å². The number of nitrogens with zero attached hydrogens (tertiary/aromatic N) is 3. The smallest absolute Gasteiger partial charge is 0.243 e. The van der Waals surface area contributed by atoms with E-state index in [2.05, 4.69) is 17.1 Å². The van der Waals surface area contributed by atoms with Gasteiger partial charge < -0.3 is 9.64 Å². The van der Waals surface area contributed by atoms with E-state index in [1.165, 1.54) is 0 Å². The third kappa shape index (κ3) is 4.28. The lowest BCUT2D eigenvalue weighted by Crippen LogP contribution is -2.35. The molecule has 1 aromatic carbocycles. The van der Waals surface area contributed by atoms with Gasteiger partial charge in [0.15, 0.2) is 4.77 Å². The van der Waals surface area contributed by atoms with Gasteiger partial charge in [-0.15, -0.1) is 0 Å². The van der Waals surface area contributed by atoms with E-state index in [1.54, 1.807) is 7.11 Å². The van der Waals surface area contributed by atoms with Gasteiger partial charge in [-0.2, -0.15) is 5.10 Å². The molecule has 1 aliphatic rings. The first-order valence-electron chi connectivity index (χ1n) is 8.68. The molecule has 1 aliphatic carbocycles. The summed E-state index contributed by atoms with van der Waals surface area (Å²) in [7, 11) is 1.65. The summed E-state index contributed by atoms with van der Waals surface area (Å²) in [4.78, 5) is 14.9. The van der Waals surface area contributed by atoms with Gasteiger partial charge in [0.25, 0.3) is 0 Å². The van der Waals surface area contributed by atoms with Gasteiger partial charge in [-0.3, -0.25) is 14.5 Å². The Morgan fingerprint density at radius 2 is 2.12 bits per heavy atom. The Hall–Kier alpha value is -2.15. The van der Waals surface area contributed by atoms with Crippen LogP contribution >= 0.6 is 12.2 Å². The summed E-state index contributed by atoms with van der Waals surface area (Å²) in [6.45, 7) is 2.95. The van der Waals surface area contributed by atoms with Crippen molar-refractivity contribution in [3.8, 4) is 5.75 Å². The van der Waals surface area contributed by atoms with Crippen molar-refractivity contribution in [1.29, 1.82) is 0 Å². The number of aromatic nitrogens is 3. The molecule has 3 rings (SSSR count). The number of rotatable bonds is 8. The lowest BCUT2D eigenvalue weighted by molar-refractivity contribution is -0.133. The fourth-order valence-electron chi connectivity index (χ4n) is 2.89. The molecule has 7 heteroatoms. The van der Waals surface area contributed by atoms with E-state index in [4.69, 9.17) is 17.0 Å². The van der Waals surface area contributed by atoms with Gasteiger partial charge in [-0.1, -0.05) is 19.1 Å². The first kappa shape index (κ1) is 17.7. The molecule has 6 nitrogen and oxygen atoms in total. The molecule has 1 aromatic heterocycles. The Morgan fingerprint density at radius 1 is 1.40 bits per heavy atom. The second kappa shape index (κ2) is 7.82. The Bertz CT molecular complexity index is 777. The Kier molecular flexibility index (Phi) is 5.53. The molecule has 0 bridgehead atoms. The number of benzene rings is 1. The summed E-state index contributed by atoms with van der Waals surface area (Å²) >= 11 is 5.29. The van der Waals surface area contributed by atoms with E-state index >= 15 is 0 Å². The molecule has 2 aromatic rings. The number of H-pyrrole nitrogens is 1. The summed E-state index contributed by atoms with van der Waals surface area (Å²) in [6, 6.07) is 8.21. The predicted octanol–water partition coefficient (Wildman–Crippen LogP) is 3.09. The van der Waals surface area contributed by atoms with Crippen LogP contribution in [0.15, 0.2) is 24.3 Å². The van der Waals surface area contributed by atoms with Crippen molar-refractivity contribution in [3.63, 3.8) is 0 Å². The molecule has 1 N–H and O–H groups in total. The average molecular weight is 360 g/mol. The predicted molar refractivity (Wildman–Crippen MR) is 98.0 cm³/mol. The van der Waals surface area contributed by atoms with E-state index in [-0.39, 0.29) is 12.5 Å². The Balaban J connectivity index is 1.73. The number of amides is 1. The second-order valence-electron chi connectivity index (χ2n) is 6.38. The highest BCUT2D eigenvalue weighted by Gasteiger charge is 2.32. The lowest BCUT2D eigenvalue weighted by atomic mass is 10.2. The number of methoxy groups -OCH3 is 1. The minimum absolute atomic E-state index is 0.0909. The van der Waals surface area contributed by atoms with Crippen molar-refractivity contribution >= 4 is 18.1 Å². The van der Waals surface area contributed by atoms with Gasteiger partial charge in [0, 0.05) is 19.0 Å². The van der Waals surface area contributed by atoms with Gasteiger partial charge in [0.2, 0.25) is 5.91 Å². The minimum Gasteiger partial charge on any atom is -0.497 e. The molecule has 1 saturated carbocycles. The largest absolute Gasteiger partial charge is 0.497 e. The molecule has 0 aliphatic heterocycles. The zero-order valence-electron chi connectivity index (χ0n) is 14.7. The molecule has 1 fully saturated rings. The summed E-state index contributed by atoms with van der Waals surface area (Å²) in [5.74, 6) is 1.76. The van der Waals surface area contributed by atoms with Gasteiger partial charge >= 0.3 is 0 Å². The third-order valence-electron chi connectivity index (χ3n) is 4.42. The molecule has 1 heterocycles. The van der Waals surface area contributed by atoms with Crippen LogP contribution in [0.1, 0.15) is 37.6 Å². The molecule has 1 amide bonds.